The Labute approximate surface area is 148 Å². The number of rotatable bonds is 4. The molecule has 1 aliphatic heterocycles. The summed E-state index contributed by atoms with van der Waals surface area (Å²) in [6, 6.07) is 15.7. The highest BCUT2D eigenvalue weighted by Crippen LogP contribution is 2.31. The minimum Gasteiger partial charge on any atom is -0.353 e. The Hall–Kier alpha value is -2.18. The quantitative estimate of drug-likeness (QED) is 0.913. The van der Waals surface area contributed by atoms with E-state index in [4.69, 9.17) is 0 Å². The lowest BCUT2D eigenvalue weighted by molar-refractivity contribution is -0.128. The number of benzene rings is 2. The molecule has 1 amide bonds. The zero-order chi connectivity index (χ0) is 18.0. The van der Waals surface area contributed by atoms with Crippen molar-refractivity contribution in [3.63, 3.8) is 0 Å². The average Bonchev–Trinajstić information content (AvgIpc) is 2.62. The number of carbonyl (C=O) groups excluding carboxylic acids is 1. The van der Waals surface area contributed by atoms with Crippen LogP contribution in [-0.4, -0.2) is 37.8 Å². The van der Waals surface area contributed by atoms with Crippen molar-refractivity contribution < 1.29 is 13.2 Å². The molecule has 1 aliphatic rings. The van der Waals surface area contributed by atoms with Crippen LogP contribution in [-0.2, 0) is 14.8 Å². The molecule has 0 aliphatic carbocycles. The first kappa shape index (κ1) is 17.6. The first-order valence-electron chi connectivity index (χ1n) is 8.37. The smallest absolute Gasteiger partial charge is 0.244 e. The summed E-state index contributed by atoms with van der Waals surface area (Å²) in [5.74, 6) is -0.346. The van der Waals surface area contributed by atoms with Crippen LogP contribution in [0.25, 0.3) is 11.1 Å². The molecule has 0 aromatic heterocycles. The van der Waals surface area contributed by atoms with Gasteiger partial charge in [-0.2, -0.15) is 4.31 Å². The zero-order valence-electron chi connectivity index (χ0n) is 14.3. The minimum absolute atomic E-state index is 0.112. The molecule has 0 radical (unpaired) electrons. The second kappa shape index (κ2) is 6.98. The molecule has 1 unspecified atom stereocenters. The van der Waals surface area contributed by atoms with Gasteiger partial charge in [-0.3, -0.25) is 4.79 Å². The van der Waals surface area contributed by atoms with Gasteiger partial charge < -0.3 is 5.32 Å². The molecule has 1 N–H and O–H groups in total. The predicted octanol–water partition coefficient (Wildman–Crippen LogP) is 2.50. The first-order chi connectivity index (χ1) is 11.9. The largest absolute Gasteiger partial charge is 0.353 e. The fraction of sp³-hybridized carbons (Fsp3) is 0.316. The topological polar surface area (TPSA) is 66.5 Å². The fourth-order valence-electron chi connectivity index (χ4n) is 3.24. The van der Waals surface area contributed by atoms with Crippen molar-refractivity contribution in [2.45, 2.75) is 24.8 Å². The Morgan fingerprint density at radius 3 is 2.36 bits per heavy atom. The van der Waals surface area contributed by atoms with Gasteiger partial charge in [0, 0.05) is 18.7 Å². The number of nitrogens with one attached hydrogen (secondary N) is 1. The van der Waals surface area contributed by atoms with E-state index in [9.17, 15) is 13.2 Å². The van der Waals surface area contributed by atoms with E-state index in [-0.39, 0.29) is 23.3 Å². The summed E-state index contributed by atoms with van der Waals surface area (Å²) in [5, 5.41) is 2.77. The molecule has 5 nitrogen and oxygen atoms in total. The lowest BCUT2D eigenvalue weighted by Crippen LogP contribution is -2.59. The van der Waals surface area contributed by atoms with Crippen molar-refractivity contribution in [1.82, 2.24) is 9.62 Å². The second-order valence-corrected chi connectivity index (χ2v) is 8.32. The molecule has 0 saturated carbocycles. The van der Waals surface area contributed by atoms with E-state index >= 15 is 0 Å². The van der Waals surface area contributed by atoms with Crippen molar-refractivity contribution in [3.8, 4) is 11.1 Å². The van der Waals surface area contributed by atoms with Gasteiger partial charge in [-0.05, 0) is 17.5 Å². The van der Waals surface area contributed by atoms with Crippen LogP contribution in [0.15, 0.2) is 59.5 Å². The second-order valence-electron chi connectivity index (χ2n) is 6.46. The molecule has 1 saturated heterocycles. The number of hydrogen-bond donors (Lipinski definition) is 1. The molecular formula is C19H22N2O3S. The Morgan fingerprint density at radius 2 is 1.68 bits per heavy atom. The highest BCUT2D eigenvalue weighted by Gasteiger charge is 2.40. The summed E-state index contributed by atoms with van der Waals surface area (Å²) in [7, 11) is -3.80. The molecule has 6 heteroatoms. The van der Waals surface area contributed by atoms with Crippen LogP contribution >= 0.6 is 0 Å². The Balaban J connectivity index is 2.11. The highest BCUT2D eigenvalue weighted by atomic mass is 32.2. The van der Waals surface area contributed by atoms with Gasteiger partial charge in [0.25, 0.3) is 0 Å². The van der Waals surface area contributed by atoms with Gasteiger partial charge in [-0.1, -0.05) is 62.4 Å². The van der Waals surface area contributed by atoms with Crippen LogP contribution in [0.1, 0.15) is 13.8 Å². The standard InChI is InChI=1S/C19H22N2O3S/c1-14(2)18-19(22)20-12-13-21(18)25(23,24)17-11-7-6-10-16(17)15-8-4-3-5-9-15/h3-11,14,18H,12-13H2,1-2H3,(H,20,22). The van der Waals surface area contributed by atoms with Gasteiger partial charge >= 0.3 is 0 Å². The maximum absolute atomic E-state index is 13.4. The average molecular weight is 358 g/mol. The van der Waals surface area contributed by atoms with E-state index in [1.54, 1.807) is 18.2 Å². The van der Waals surface area contributed by atoms with Crippen molar-refractivity contribution >= 4 is 15.9 Å². The third kappa shape index (κ3) is 3.32. The number of sulfonamides is 1. The highest BCUT2D eigenvalue weighted by molar-refractivity contribution is 7.89. The Kier molecular flexibility index (Phi) is 4.92. The van der Waals surface area contributed by atoms with Gasteiger partial charge in [0.15, 0.2) is 0 Å². The van der Waals surface area contributed by atoms with Crippen LogP contribution in [0.2, 0.25) is 0 Å². The zero-order valence-corrected chi connectivity index (χ0v) is 15.2. The maximum Gasteiger partial charge on any atom is 0.244 e. The van der Waals surface area contributed by atoms with Crippen LogP contribution in [0, 0.1) is 5.92 Å². The summed E-state index contributed by atoms with van der Waals surface area (Å²) in [6.07, 6.45) is 0. The molecule has 3 rings (SSSR count). The van der Waals surface area contributed by atoms with Crippen LogP contribution in [0.5, 0.6) is 0 Å². The SMILES string of the molecule is CC(C)C1C(=O)NCCN1S(=O)(=O)c1ccccc1-c1ccccc1. The minimum atomic E-state index is -3.80. The molecular weight excluding hydrogens is 336 g/mol. The van der Waals surface area contributed by atoms with E-state index in [0.717, 1.165) is 5.56 Å². The van der Waals surface area contributed by atoms with Gasteiger partial charge in [0.1, 0.15) is 6.04 Å². The van der Waals surface area contributed by atoms with Crippen LogP contribution in [0.4, 0.5) is 0 Å². The van der Waals surface area contributed by atoms with E-state index < -0.39 is 16.1 Å². The molecule has 0 bridgehead atoms. The lowest BCUT2D eigenvalue weighted by atomic mass is 10.0. The molecule has 1 atom stereocenters. The third-order valence-electron chi connectivity index (χ3n) is 4.40. The van der Waals surface area contributed by atoms with Crippen LogP contribution in [0.3, 0.4) is 0 Å². The van der Waals surface area contributed by atoms with Gasteiger partial charge in [-0.25, -0.2) is 8.42 Å². The van der Waals surface area contributed by atoms with Gasteiger partial charge in [-0.15, -0.1) is 0 Å². The fourth-order valence-corrected chi connectivity index (χ4v) is 5.18. The van der Waals surface area contributed by atoms with E-state index in [1.165, 1.54) is 4.31 Å². The molecule has 1 heterocycles. The van der Waals surface area contributed by atoms with Crippen molar-refractivity contribution in [1.29, 1.82) is 0 Å². The number of nitrogens with zero attached hydrogens (tertiary/aromatic N) is 1. The summed E-state index contributed by atoms with van der Waals surface area (Å²) in [5.41, 5.74) is 1.49. The third-order valence-corrected chi connectivity index (χ3v) is 6.34. The Morgan fingerprint density at radius 1 is 1.04 bits per heavy atom. The molecule has 0 spiro atoms. The van der Waals surface area contributed by atoms with Gasteiger partial charge in [0.2, 0.25) is 15.9 Å². The predicted molar refractivity (Wildman–Crippen MR) is 97.4 cm³/mol. The number of hydrogen-bond acceptors (Lipinski definition) is 3. The summed E-state index contributed by atoms with van der Waals surface area (Å²) in [4.78, 5) is 12.5. The molecule has 132 valence electrons. The van der Waals surface area contributed by atoms with Crippen LogP contribution < -0.4 is 5.32 Å². The summed E-state index contributed by atoms with van der Waals surface area (Å²) in [6.45, 7) is 4.33. The van der Waals surface area contributed by atoms with Gasteiger partial charge in [0.05, 0.1) is 4.90 Å². The molecule has 2 aromatic rings. The number of carbonyl (C=O) groups is 1. The number of piperazine rings is 1. The monoisotopic (exact) mass is 358 g/mol. The van der Waals surface area contributed by atoms with E-state index in [1.807, 2.05) is 50.2 Å². The normalized spacial score (nSPS) is 19.0. The van der Waals surface area contributed by atoms with Crippen molar-refractivity contribution in [2.75, 3.05) is 13.1 Å². The van der Waals surface area contributed by atoms with E-state index in [2.05, 4.69) is 5.32 Å². The van der Waals surface area contributed by atoms with Crippen molar-refractivity contribution in [3.05, 3.63) is 54.6 Å². The molecule has 25 heavy (non-hydrogen) atoms. The summed E-state index contributed by atoms with van der Waals surface area (Å²) < 4.78 is 28.1. The molecule has 1 fully saturated rings. The van der Waals surface area contributed by atoms with E-state index in [0.29, 0.717) is 12.1 Å². The van der Waals surface area contributed by atoms with Crippen molar-refractivity contribution in [2.24, 2.45) is 5.92 Å². The first-order valence-corrected chi connectivity index (χ1v) is 9.81. The Bertz CT molecular complexity index is 863. The maximum atomic E-state index is 13.4. The number of amides is 1. The molecule has 2 aromatic carbocycles. The summed E-state index contributed by atoms with van der Waals surface area (Å²) >= 11 is 0. The lowest BCUT2D eigenvalue weighted by Gasteiger charge is -2.36.